The van der Waals surface area contributed by atoms with Gasteiger partial charge in [0.05, 0.1) is 12.7 Å². The molecule has 0 heterocycles. The monoisotopic (exact) mass is 330 g/mol. The standard InChI is InChI=1S/C22H18O3/c1-12(2)14-10-11-17-16-9-8-13-6-4-5-7-15(13)18(16)21(23)19(17)20(14)22(24)25-3/h4-12H,1-3H3. The van der Waals surface area contributed by atoms with Crippen LogP contribution in [0.1, 0.15) is 51.6 Å². The van der Waals surface area contributed by atoms with Gasteiger partial charge in [-0.15, -0.1) is 0 Å². The number of hydrogen-bond acceptors (Lipinski definition) is 3. The number of carbonyl (C=O) groups excluding carboxylic acids is 2. The lowest BCUT2D eigenvalue weighted by molar-refractivity contribution is 0.0596. The first-order chi connectivity index (χ1) is 12.0. The third-order valence-electron chi connectivity index (χ3n) is 4.92. The predicted octanol–water partition coefficient (Wildman–Crippen LogP) is 4.96. The number of hydrogen-bond donors (Lipinski definition) is 0. The Kier molecular flexibility index (Phi) is 3.46. The molecule has 0 amide bonds. The van der Waals surface area contributed by atoms with Crippen LogP contribution in [0.4, 0.5) is 0 Å². The second kappa shape index (κ2) is 5.55. The van der Waals surface area contributed by atoms with Crippen molar-refractivity contribution in [3.8, 4) is 11.1 Å². The summed E-state index contributed by atoms with van der Waals surface area (Å²) in [6, 6.07) is 15.7. The third kappa shape index (κ3) is 2.12. The van der Waals surface area contributed by atoms with Crippen molar-refractivity contribution in [1.82, 2.24) is 0 Å². The van der Waals surface area contributed by atoms with Gasteiger partial charge in [0.2, 0.25) is 0 Å². The van der Waals surface area contributed by atoms with Crippen LogP contribution < -0.4 is 0 Å². The molecule has 0 aliphatic heterocycles. The zero-order valence-electron chi connectivity index (χ0n) is 14.4. The fourth-order valence-corrected chi connectivity index (χ4v) is 3.75. The Labute approximate surface area is 146 Å². The average molecular weight is 330 g/mol. The quantitative estimate of drug-likeness (QED) is 0.488. The normalized spacial score (nSPS) is 12.4. The van der Waals surface area contributed by atoms with Crippen LogP contribution in [0.25, 0.3) is 21.9 Å². The van der Waals surface area contributed by atoms with E-state index in [1.807, 2.05) is 62.4 Å². The van der Waals surface area contributed by atoms with E-state index >= 15 is 0 Å². The molecule has 0 saturated carbocycles. The van der Waals surface area contributed by atoms with Gasteiger partial charge in [-0.05, 0) is 33.4 Å². The van der Waals surface area contributed by atoms with Crippen LogP contribution in [-0.4, -0.2) is 18.9 Å². The van der Waals surface area contributed by atoms with E-state index in [-0.39, 0.29) is 11.7 Å². The number of fused-ring (bicyclic) bond motifs is 5. The van der Waals surface area contributed by atoms with Gasteiger partial charge >= 0.3 is 5.97 Å². The van der Waals surface area contributed by atoms with E-state index in [9.17, 15) is 9.59 Å². The van der Waals surface area contributed by atoms with E-state index in [0.717, 1.165) is 27.5 Å². The highest BCUT2D eigenvalue weighted by atomic mass is 16.5. The van der Waals surface area contributed by atoms with E-state index in [1.165, 1.54) is 7.11 Å². The number of ether oxygens (including phenoxy) is 1. The molecule has 4 rings (SSSR count). The Morgan fingerprint density at radius 2 is 1.60 bits per heavy atom. The molecular formula is C22H18O3. The summed E-state index contributed by atoms with van der Waals surface area (Å²) in [5.74, 6) is -0.427. The summed E-state index contributed by atoms with van der Waals surface area (Å²) in [6.07, 6.45) is 0. The Hall–Kier alpha value is -2.94. The molecule has 3 nitrogen and oxygen atoms in total. The van der Waals surface area contributed by atoms with Crippen molar-refractivity contribution < 1.29 is 14.3 Å². The summed E-state index contributed by atoms with van der Waals surface area (Å²) >= 11 is 0. The molecule has 0 unspecified atom stereocenters. The first-order valence-electron chi connectivity index (χ1n) is 8.36. The molecule has 1 aliphatic carbocycles. The van der Waals surface area contributed by atoms with Crippen LogP contribution in [0.15, 0.2) is 48.5 Å². The first kappa shape index (κ1) is 15.6. The SMILES string of the molecule is COC(=O)c1c(C(C)C)ccc2c1C(=O)c1c-2ccc2ccccc12. The van der Waals surface area contributed by atoms with Crippen LogP contribution in [-0.2, 0) is 4.74 Å². The molecule has 0 radical (unpaired) electrons. The number of benzene rings is 3. The topological polar surface area (TPSA) is 43.4 Å². The van der Waals surface area contributed by atoms with Gasteiger partial charge < -0.3 is 4.74 Å². The van der Waals surface area contributed by atoms with Crippen LogP contribution in [0, 0.1) is 0 Å². The predicted molar refractivity (Wildman–Crippen MR) is 98.2 cm³/mol. The smallest absolute Gasteiger partial charge is 0.338 e. The molecule has 0 aromatic heterocycles. The summed E-state index contributed by atoms with van der Waals surface area (Å²) in [4.78, 5) is 25.8. The second-order valence-corrected chi connectivity index (χ2v) is 6.64. The Morgan fingerprint density at radius 3 is 2.32 bits per heavy atom. The second-order valence-electron chi connectivity index (χ2n) is 6.64. The van der Waals surface area contributed by atoms with Crippen molar-refractivity contribution in [2.75, 3.05) is 7.11 Å². The van der Waals surface area contributed by atoms with Gasteiger partial charge in [0, 0.05) is 11.1 Å². The molecule has 0 bridgehead atoms. The lowest BCUT2D eigenvalue weighted by Gasteiger charge is -2.14. The van der Waals surface area contributed by atoms with Crippen molar-refractivity contribution in [1.29, 1.82) is 0 Å². The average Bonchev–Trinajstić information content (AvgIpc) is 2.93. The van der Waals surface area contributed by atoms with Crippen molar-refractivity contribution in [2.45, 2.75) is 19.8 Å². The minimum atomic E-state index is -0.453. The number of rotatable bonds is 2. The highest BCUT2D eigenvalue weighted by molar-refractivity contribution is 6.30. The Bertz CT molecular complexity index is 1040. The molecular weight excluding hydrogens is 312 g/mol. The van der Waals surface area contributed by atoms with Crippen LogP contribution in [0.2, 0.25) is 0 Å². The number of esters is 1. The van der Waals surface area contributed by atoms with Crippen LogP contribution in [0.3, 0.4) is 0 Å². The van der Waals surface area contributed by atoms with Crippen LogP contribution in [0.5, 0.6) is 0 Å². The van der Waals surface area contributed by atoms with Gasteiger partial charge in [-0.1, -0.05) is 62.4 Å². The lowest BCUT2D eigenvalue weighted by Crippen LogP contribution is -2.13. The summed E-state index contributed by atoms with van der Waals surface area (Å²) in [6.45, 7) is 4.02. The van der Waals surface area contributed by atoms with Crippen molar-refractivity contribution >= 4 is 22.5 Å². The lowest BCUT2D eigenvalue weighted by atomic mass is 9.90. The molecule has 0 spiro atoms. The fraction of sp³-hybridized carbons (Fsp3) is 0.182. The molecule has 0 atom stereocenters. The molecule has 0 N–H and O–H groups in total. The largest absolute Gasteiger partial charge is 0.465 e. The third-order valence-corrected chi connectivity index (χ3v) is 4.92. The maximum Gasteiger partial charge on any atom is 0.338 e. The number of carbonyl (C=O) groups is 2. The van der Waals surface area contributed by atoms with Crippen molar-refractivity contribution in [2.24, 2.45) is 0 Å². The molecule has 3 aromatic carbocycles. The van der Waals surface area contributed by atoms with Crippen molar-refractivity contribution in [3.05, 3.63) is 70.8 Å². The highest BCUT2D eigenvalue weighted by Gasteiger charge is 2.34. The van der Waals surface area contributed by atoms with Gasteiger partial charge in [0.1, 0.15) is 0 Å². The molecule has 0 saturated heterocycles. The van der Waals surface area contributed by atoms with Gasteiger partial charge in [0.25, 0.3) is 0 Å². The molecule has 124 valence electrons. The summed E-state index contributed by atoms with van der Waals surface area (Å²) in [5.41, 5.74) is 4.11. The number of ketones is 1. The minimum Gasteiger partial charge on any atom is -0.465 e. The zero-order chi connectivity index (χ0) is 17.7. The van der Waals surface area contributed by atoms with Crippen molar-refractivity contribution in [3.63, 3.8) is 0 Å². The van der Waals surface area contributed by atoms with E-state index < -0.39 is 5.97 Å². The maximum atomic E-state index is 13.3. The minimum absolute atomic E-state index is 0.0929. The molecule has 1 aliphatic rings. The van der Waals surface area contributed by atoms with E-state index in [0.29, 0.717) is 16.7 Å². The Balaban J connectivity index is 2.08. The first-order valence-corrected chi connectivity index (χ1v) is 8.36. The van der Waals surface area contributed by atoms with Gasteiger partial charge in [0.15, 0.2) is 5.78 Å². The van der Waals surface area contributed by atoms with E-state index in [1.54, 1.807) is 0 Å². The van der Waals surface area contributed by atoms with Gasteiger partial charge in [-0.25, -0.2) is 4.79 Å². The number of methoxy groups -OCH3 is 1. The summed E-state index contributed by atoms with van der Waals surface area (Å²) in [5, 5.41) is 1.94. The molecule has 3 aromatic rings. The van der Waals surface area contributed by atoms with E-state index in [4.69, 9.17) is 4.74 Å². The Morgan fingerprint density at radius 1 is 0.920 bits per heavy atom. The zero-order valence-corrected chi connectivity index (χ0v) is 14.4. The molecule has 0 fully saturated rings. The van der Waals surface area contributed by atoms with Crippen LogP contribution >= 0.6 is 0 Å². The molecule has 3 heteroatoms. The fourth-order valence-electron chi connectivity index (χ4n) is 3.75. The van der Waals surface area contributed by atoms with Gasteiger partial charge in [-0.2, -0.15) is 0 Å². The summed E-state index contributed by atoms with van der Waals surface area (Å²) in [7, 11) is 1.35. The summed E-state index contributed by atoms with van der Waals surface area (Å²) < 4.78 is 5.00. The molecule has 25 heavy (non-hydrogen) atoms. The van der Waals surface area contributed by atoms with E-state index in [2.05, 4.69) is 0 Å². The maximum absolute atomic E-state index is 13.3. The van der Waals surface area contributed by atoms with Gasteiger partial charge in [-0.3, -0.25) is 4.79 Å². The highest BCUT2D eigenvalue weighted by Crippen LogP contribution is 2.43.